The predicted octanol–water partition coefficient (Wildman–Crippen LogP) is 4.13. The van der Waals surface area contributed by atoms with E-state index in [9.17, 15) is 9.90 Å². The Kier molecular flexibility index (Phi) is 4.80. The lowest BCUT2D eigenvalue weighted by Gasteiger charge is -2.13. The number of hydrogen-bond donors (Lipinski definition) is 1. The molecule has 1 atom stereocenters. The monoisotopic (exact) mass is 288 g/mol. The van der Waals surface area contributed by atoms with Crippen LogP contribution < -0.4 is 0 Å². The van der Waals surface area contributed by atoms with Crippen LogP contribution in [0.2, 0.25) is 5.02 Å². The average molecular weight is 289 g/mol. The Morgan fingerprint density at radius 2 is 1.45 bits per heavy atom. The van der Waals surface area contributed by atoms with E-state index in [-0.39, 0.29) is 0 Å². The Morgan fingerprint density at radius 1 is 1.00 bits per heavy atom. The van der Waals surface area contributed by atoms with E-state index in [1.807, 2.05) is 43.3 Å². The third kappa shape index (κ3) is 4.10. The van der Waals surface area contributed by atoms with Gasteiger partial charge in [-0.2, -0.15) is 0 Å². The molecule has 0 saturated heterocycles. The molecule has 0 bridgehead atoms. The van der Waals surface area contributed by atoms with Crippen LogP contribution in [0.5, 0.6) is 0 Å². The minimum absolute atomic E-state index is 0.418. The van der Waals surface area contributed by atoms with Crippen LogP contribution >= 0.6 is 11.6 Å². The molecular formula is C17H17ClO2. The van der Waals surface area contributed by atoms with Crippen LogP contribution in [0.15, 0.2) is 48.5 Å². The van der Waals surface area contributed by atoms with Gasteiger partial charge in [0, 0.05) is 5.02 Å². The number of carboxylic acid groups (broad SMARTS) is 1. The summed E-state index contributed by atoms with van der Waals surface area (Å²) in [6, 6.07) is 15.4. The Balaban J connectivity index is 2.09. The number of halogens is 1. The number of carboxylic acids is 1. The Labute approximate surface area is 124 Å². The van der Waals surface area contributed by atoms with E-state index in [4.69, 9.17) is 11.6 Å². The lowest BCUT2D eigenvalue weighted by atomic mass is 9.92. The average Bonchev–Trinajstić information content (AvgIpc) is 2.42. The molecule has 104 valence electrons. The second-order valence-corrected chi connectivity index (χ2v) is 5.49. The van der Waals surface area contributed by atoms with Gasteiger partial charge < -0.3 is 5.11 Å². The SMILES string of the molecule is Cc1ccc(CC(Cc2ccc(Cl)cc2)C(=O)O)cc1. The first kappa shape index (κ1) is 14.6. The van der Waals surface area contributed by atoms with Gasteiger partial charge in [0.05, 0.1) is 5.92 Å². The van der Waals surface area contributed by atoms with E-state index >= 15 is 0 Å². The van der Waals surface area contributed by atoms with Crippen molar-refractivity contribution in [1.82, 2.24) is 0 Å². The molecule has 2 nitrogen and oxygen atoms in total. The molecule has 3 heteroatoms. The Hall–Kier alpha value is -1.80. The quantitative estimate of drug-likeness (QED) is 0.898. The first-order valence-electron chi connectivity index (χ1n) is 6.57. The molecule has 2 aromatic carbocycles. The number of rotatable bonds is 5. The molecule has 2 aromatic rings. The second kappa shape index (κ2) is 6.58. The van der Waals surface area contributed by atoms with E-state index in [1.54, 1.807) is 12.1 Å². The summed E-state index contributed by atoms with van der Waals surface area (Å²) in [6.45, 7) is 2.02. The normalized spacial score (nSPS) is 12.1. The van der Waals surface area contributed by atoms with Gasteiger partial charge in [0.1, 0.15) is 0 Å². The predicted molar refractivity (Wildman–Crippen MR) is 81.2 cm³/mol. The maximum absolute atomic E-state index is 11.4. The number of aryl methyl sites for hydroxylation is 1. The van der Waals surface area contributed by atoms with Crippen LogP contribution in [0.25, 0.3) is 0 Å². The maximum atomic E-state index is 11.4. The van der Waals surface area contributed by atoms with Gasteiger partial charge in [-0.1, -0.05) is 53.6 Å². The van der Waals surface area contributed by atoms with Gasteiger partial charge in [-0.3, -0.25) is 4.79 Å². The molecule has 1 N–H and O–H groups in total. The lowest BCUT2D eigenvalue weighted by molar-refractivity contribution is -0.141. The van der Waals surface area contributed by atoms with E-state index in [0.29, 0.717) is 17.9 Å². The van der Waals surface area contributed by atoms with E-state index in [2.05, 4.69) is 0 Å². The molecule has 2 rings (SSSR count). The van der Waals surface area contributed by atoms with Crippen molar-refractivity contribution in [3.05, 3.63) is 70.2 Å². The molecule has 0 aromatic heterocycles. The molecule has 0 aliphatic rings. The topological polar surface area (TPSA) is 37.3 Å². The van der Waals surface area contributed by atoms with Crippen molar-refractivity contribution in [3.63, 3.8) is 0 Å². The maximum Gasteiger partial charge on any atom is 0.307 e. The summed E-state index contributed by atoms with van der Waals surface area (Å²) in [5.74, 6) is -1.18. The van der Waals surface area contributed by atoms with Gasteiger partial charge >= 0.3 is 5.97 Å². The Bertz CT molecular complexity index is 525. The minimum atomic E-state index is -0.763. The number of aliphatic carboxylic acids is 1. The molecule has 0 fully saturated rings. The van der Waals surface area contributed by atoms with Crippen LogP contribution in [0, 0.1) is 12.8 Å². The molecule has 0 saturated carbocycles. The first-order chi connectivity index (χ1) is 9.54. The lowest BCUT2D eigenvalue weighted by Crippen LogP contribution is -2.19. The van der Waals surface area contributed by atoms with Gasteiger partial charge in [0.15, 0.2) is 0 Å². The fourth-order valence-electron chi connectivity index (χ4n) is 2.16. The van der Waals surface area contributed by atoms with Gasteiger partial charge in [-0.15, -0.1) is 0 Å². The summed E-state index contributed by atoms with van der Waals surface area (Å²) in [6.07, 6.45) is 1.05. The second-order valence-electron chi connectivity index (χ2n) is 5.06. The van der Waals surface area contributed by atoms with Crippen LogP contribution in [0.3, 0.4) is 0 Å². The van der Waals surface area contributed by atoms with Crippen molar-refractivity contribution in [2.45, 2.75) is 19.8 Å². The van der Waals surface area contributed by atoms with Gasteiger partial charge in [-0.05, 0) is 43.0 Å². The molecule has 0 amide bonds. The zero-order chi connectivity index (χ0) is 14.5. The summed E-state index contributed by atoms with van der Waals surface area (Å²) in [4.78, 5) is 11.4. The standard InChI is InChI=1S/C17H17ClO2/c1-12-2-4-13(5-3-12)10-15(17(19)20)11-14-6-8-16(18)9-7-14/h2-9,15H,10-11H2,1H3,(H,19,20). The van der Waals surface area contributed by atoms with Crippen LogP contribution in [0.4, 0.5) is 0 Å². The summed E-state index contributed by atoms with van der Waals surface area (Å²) >= 11 is 5.84. The molecule has 0 aliphatic carbocycles. The summed E-state index contributed by atoms with van der Waals surface area (Å²) in [5, 5.41) is 10.0. The van der Waals surface area contributed by atoms with Gasteiger partial charge in [-0.25, -0.2) is 0 Å². The van der Waals surface area contributed by atoms with Crippen molar-refractivity contribution in [2.75, 3.05) is 0 Å². The van der Waals surface area contributed by atoms with Gasteiger partial charge in [0.25, 0.3) is 0 Å². The number of benzene rings is 2. The molecule has 1 unspecified atom stereocenters. The highest BCUT2D eigenvalue weighted by molar-refractivity contribution is 6.30. The van der Waals surface area contributed by atoms with Crippen LogP contribution in [-0.4, -0.2) is 11.1 Å². The van der Waals surface area contributed by atoms with Crippen LogP contribution in [-0.2, 0) is 17.6 Å². The summed E-state index contributed by atoms with van der Waals surface area (Å²) < 4.78 is 0. The summed E-state index contributed by atoms with van der Waals surface area (Å²) in [5.41, 5.74) is 3.23. The molecular weight excluding hydrogens is 272 g/mol. The van der Waals surface area contributed by atoms with Crippen molar-refractivity contribution in [3.8, 4) is 0 Å². The fourth-order valence-corrected chi connectivity index (χ4v) is 2.29. The molecule has 0 aliphatic heterocycles. The molecule has 0 heterocycles. The van der Waals surface area contributed by atoms with E-state index in [1.165, 1.54) is 5.56 Å². The zero-order valence-electron chi connectivity index (χ0n) is 11.3. The molecule has 20 heavy (non-hydrogen) atoms. The highest BCUT2D eigenvalue weighted by atomic mass is 35.5. The third-order valence-corrected chi connectivity index (χ3v) is 3.60. The van der Waals surface area contributed by atoms with Crippen molar-refractivity contribution >= 4 is 17.6 Å². The molecule has 0 spiro atoms. The van der Waals surface area contributed by atoms with Crippen molar-refractivity contribution in [1.29, 1.82) is 0 Å². The van der Waals surface area contributed by atoms with Gasteiger partial charge in [0.2, 0.25) is 0 Å². The van der Waals surface area contributed by atoms with Crippen molar-refractivity contribution < 1.29 is 9.90 Å². The third-order valence-electron chi connectivity index (χ3n) is 3.35. The highest BCUT2D eigenvalue weighted by Crippen LogP contribution is 2.17. The smallest absolute Gasteiger partial charge is 0.307 e. The fraction of sp³-hybridized carbons (Fsp3) is 0.235. The van der Waals surface area contributed by atoms with E-state index < -0.39 is 11.9 Å². The number of carbonyl (C=O) groups is 1. The number of hydrogen-bond acceptors (Lipinski definition) is 1. The minimum Gasteiger partial charge on any atom is -0.481 e. The van der Waals surface area contributed by atoms with Crippen LogP contribution in [0.1, 0.15) is 16.7 Å². The van der Waals surface area contributed by atoms with E-state index in [0.717, 1.165) is 11.1 Å². The Morgan fingerprint density at radius 3 is 1.90 bits per heavy atom. The highest BCUT2D eigenvalue weighted by Gasteiger charge is 2.18. The first-order valence-corrected chi connectivity index (χ1v) is 6.95. The van der Waals surface area contributed by atoms with Crippen molar-refractivity contribution in [2.24, 2.45) is 5.92 Å². The molecule has 0 radical (unpaired) electrons. The summed E-state index contributed by atoms with van der Waals surface area (Å²) in [7, 11) is 0. The zero-order valence-corrected chi connectivity index (χ0v) is 12.1. The largest absolute Gasteiger partial charge is 0.481 e.